The lowest BCUT2D eigenvalue weighted by atomic mass is 9.93. The summed E-state index contributed by atoms with van der Waals surface area (Å²) in [7, 11) is -2.88. The molecular weight excluding hydrogens is 315 g/mol. The normalized spacial score (nSPS) is 27.4. The van der Waals surface area contributed by atoms with Crippen LogP contribution in [0.5, 0.6) is 0 Å². The van der Waals surface area contributed by atoms with E-state index < -0.39 is 13.5 Å². The summed E-state index contributed by atoms with van der Waals surface area (Å²) in [6.45, 7) is 9.39. The molecule has 1 aliphatic carbocycles. The third-order valence-electron chi connectivity index (χ3n) is 4.14. The van der Waals surface area contributed by atoms with Gasteiger partial charge in [0.05, 0.1) is 24.9 Å². The number of ether oxygens (including phenoxy) is 1. The Morgan fingerprint density at radius 3 is 2.52 bits per heavy atom. The van der Waals surface area contributed by atoms with Gasteiger partial charge < -0.3 is 20.3 Å². The van der Waals surface area contributed by atoms with Gasteiger partial charge in [0.15, 0.2) is 0 Å². The van der Waals surface area contributed by atoms with Gasteiger partial charge >= 0.3 is 0 Å². The van der Waals surface area contributed by atoms with E-state index in [-0.39, 0.29) is 24.1 Å². The standard InChI is InChI=1S/C16H31N2O4P/c1-6-12(7-2)22-15-10-13(23(5,20)21-8-3)9-14(17)16(15)18-11(4)19/h10,12,14-16H,6-9,17H2,1-5H3,(H,18,19)/t14-,15+,16+,23?/m0/s1. The predicted molar refractivity (Wildman–Crippen MR) is 92.7 cm³/mol. The molecular formula is C16H31N2O4P. The molecule has 1 rings (SSSR count). The minimum absolute atomic E-state index is 0.0717. The van der Waals surface area contributed by atoms with Gasteiger partial charge in [0, 0.05) is 24.9 Å². The van der Waals surface area contributed by atoms with Crippen LogP contribution in [-0.4, -0.2) is 43.5 Å². The lowest BCUT2D eigenvalue weighted by Crippen LogP contribution is -2.56. The molecule has 4 atom stereocenters. The Morgan fingerprint density at radius 1 is 1.43 bits per heavy atom. The van der Waals surface area contributed by atoms with Crippen LogP contribution in [0.4, 0.5) is 0 Å². The van der Waals surface area contributed by atoms with Gasteiger partial charge in [-0.1, -0.05) is 13.8 Å². The van der Waals surface area contributed by atoms with Crippen molar-refractivity contribution < 1.29 is 18.6 Å². The Labute approximate surface area is 139 Å². The highest BCUT2D eigenvalue weighted by Crippen LogP contribution is 2.54. The molecule has 7 heteroatoms. The molecule has 0 bridgehead atoms. The molecule has 0 heterocycles. The highest BCUT2D eigenvalue weighted by molar-refractivity contribution is 7.62. The van der Waals surface area contributed by atoms with Crippen LogP contribution >= 0.6 is 7.37 Å². The Hall–Kier alpha value is -0.680. The van der Waals surface area contributed by atoms with Crippen molar-refractivity contribution in [3.8, 4) is 0 Å². The molecule has 134 valence electrons. The van der Waals surface area contributed by atoms with E-state index in [0.717, 1.165) is 12.8 Å². The van der Waals surface area contributed by atoms with Gasteiger partial charge in [-0.2, -0.15) is 0 Å². The number of nitrogens with two attached hydrogens (primary N) is 1. The van der Waals surface area contributed by atoms with E-state index in [9.17, 15) is 9.36 Å². The van der Waals surface area contributed by atoms with E-state index >= 15 is 0 Å². The van der Waals surface area contributed by atoms with Gasteiger partial charge in [0.1, 0.15) is 0 Å². The predicted octanol–water partition coefficient (Wildman–Crippen LogP) is 2.62. The zero-order chi connectivity index (χ0) is 17.6. The van der Waals surface area contributed by atoms with Gasteiger partial charge in [-0.25, -0.2) is 0 Å². The first-order chi connectivity index (χ1) is 10.7. The molecule has 0 aromatic rings. The van der Waals surface area contributed by atoms with Crippen LogP contribution in [0, 0.1) is 0 Å². The molecule has 0 aromatic carbocycles. The fourth-order valence-corrected chi connectivity index (χ4v) is 4.47. The lowest BCUT2D eigenvalue weighted by Gasteiger charge is -2.38. The third kappa shape index (κ3) is 5.71. The number of carbonyl (C=O) groups excluding carboxylic acids is 1. The van der Waals surface area contributed by atoms with E-state index in [1.54, 1.807) is 6.66 Å². The second kappa shape index (κ2) is 8.97. The topological polar surface area (TPSA) is 90.6 Å². The van der Waals surface area contributed by atoms with Crippen molar-refractivity contribution in [1.29, 1.82) is 0 Å². The molecule has 0 saturated heterocycles. The zero-order valence-electron chi connectivity index (χ0n) is 14.9. The second-order valence-corrected chi connectivity index (χ2v) is 8.58. The van der Waals surface area contributed by atoms with Crippen molar-refractivity contribution in [3.05, 3.63) is 11.4 Å². The first-order valence-corrected chi connectivity index (χ1v) is 10.4. The maximum Gasteiger partial charge on any atom is 0.225 e. The van der Waals surface area contributed by atoms with Crippen molar-refractivity contribution in [2.75, 3.05) is 13.3 Å². The third-order valence-corrected chi connectivity index (χ3v) is 6.27. The summed E-state index contributed by atoms with van der Waals surface area (Å²) < 4.78 is 24.3. The van der Waals surface area contributed by atoms with E-state index in [2.05, 4.69) is 19.2 Å². The molecule has 0 saturated carbocycles. The summed E-state index contributed by atoms with van der Waals surface area (Å²) in [6.07, 6.45) is 3.69. The largest absolute Gasteiger partial charge is 0.369 e. The average Bonchev–Trinajstić information content (AvgIpc) is 2.47. The maximum absolute atomic E-state index is 12.7. The van der Waals surface area contributed by atoms with Gasteiger partial charge in [-0.3, -0.25) is 9.36 Å². The smallest absolute Gasteiger partial charge is 0.225 e. The molecule has 23 heavy (non-hydrogen) atoms. The summed E-state index contributed by atoms with van der Waals surface area (Å²) in [6, 6.07) is -0.675. The Balaban J connectivity index is 3.10. The van der Waals surface area contributed by atoms with Crippen molar-refractivity contribution in [1.82, 2.24) is 5.32 Å². The molecule has 0 radical (unpaired) electrons. The lowest BCUT2D eigenvalue weighted by molar-refractivity contribution is -0.121. The van der Waals surface area contributed by atoms with Gasteiger partial charge in [0.2, 0.25) is 13.3 Å². The van der Waals surface area contributed by atoms with Crippen LogP contribution in [-0.2, 0) is 18.6 Å². The zero-order valence-corrected chi connectivity index (χ0v) is 15.8. The molecule has 0 spiro atoms. The molecule has 3 N–H and O–H groups in total. The van der Waals surface area contributed by atoms with E-state index in [0.29, 0.717) is 18.3 Å². The van der Waals surface area contributed by atoms with E-state index in [1.807, 2.05) is 13.0 Å². The van der Waals surface area contributed by atoms with Crippen LogP contribution in [0.3, 0.4) is 0 Å². The van der Waals surface area contributed by atoms with Crippen LogP contribution in [0.25, 0.3) is 0 Å². The van der Waals surface area contributed by atoms with Crippen molar-refractivity contribution >= 4 is 13.3 Å². The Bertz CT molecular complexity index is 477. The SMILES string of the molecule is CCOP(C)(=O)C1=C[C@@H](OC(CC)CC)[C@H](NC(C)=O)[C@@H](N)C1. The van der Waals surface area contributed by atoms with Crippen LogP contribution in [0.1, 0.15) is 47.0 Å². The molecule has 0 aliphatic heterocycles. The molecule has 1 unspecified atom stereocenters. The highest BCUT2D eigenvalue weighted by Gasteiger charge is 2.38. The summed E-state index contributed by atoms with van der Waals surface area (Å²) in [4.78, 5) is 11.5. The first kappa shape index (κ1) is 20.4. The molecule has 6 nitrogen and oxygen atoms in total. The number of carbonyl (C=O) groups is 1. The number of amides is 1. The maximum atomic E-state index is 12.7. The Morgan fingerprint density at radius 2 is 2.04 bits per heavy atom. The summed E-state index contributed by atoms with van der Waals surface area (Å²) >= 11 is 0. The fraction of sp³-hybridized carbons (Fsp3) is 0.812. The van der Waals surface area contributed by atoms with Crippen LogP contribution < -0.4 is 11.1 Å². The summed E-state index contributed by atoms with van der Waals surface area (Å²) in [5, 5.41) is 3.57. The van der Waals surface area contributed by atoms with Crippen LogP contribution in [0.2, 0.25) is 0 Å². The molecule has 1 aliphatic rings. The number of rotatable bonds is 8. The van der Waals surface area contributed by atoms with Crippen molar-refractivity contribution in [2.45, 2.75) is 71.2 Å². The molecule has 0 aromatic heterocycles. The number of nitrogens with one attached hydrogen (secondary N) is 1. The second-order valence-electron chi connectivity index (χ2n) is 6.06. The van der Waals surface area contributed by atoms with E-state index in [1.165, 1.54) is 6.92 Å². The highest BCUT2D eigenvalue weighted by atomic mass is 31.2. The summed E-state index contributed by atoms with van der Waals surface area (Å²) in [5.74, 6) is -0.148. The van der Waals surface area contributed by atoms with Gasteiger partial charge in [0.25, 0.3) is 0 Å². The minimum atomic E-state index is -2.88. The monoisotopic (exact) mass is 346 g/mol. The summed E-state index contributed by atoms with van der Waals surface area (Å²) in [5.41, 5.74) is 6.25. The van der Waals surface area contributed by atoms with Crippen LogP contribution in [0.15, 0.2) is 11.4 Å². The number of hydrogen-bond acceptors (Lipinski definition) is 5. The quantitative estimate of drug-likeness (QED) is 0.659. The Kier molecular flexibility index (Phi) is 7.95. The fourth-order valence-electron chi connectivity index (χ4n) is 2.86. The van der Waals surface area contributed by atoms with Gasteiger partial charge in [-0.05, 0) is 32.3 Å². The van der Waals surface area contributed by atoms with Crippen molar-refractivity contribution in [2.24, 2.45) is 5.73 Å². The first-order valence-electron chi connectivity index (χ1n) is 8.36. The molecule has 0 fully saturated rings. The average molecular weight is 346 g/mol. The van der Waals surface area contributed by atoms with E-state index in [4.69, 9.17) is 15.0 Å². The number of hydrogen-bond donors (Lipinski definition) is 2. The van der Waals surface area contributed by atoms with Crippen molar-refractivity contribution in [3.63, 3.8) is 0 Å². The van der Waals surface area contributed by atoms with Gasteiger partial charge in [-0.15, -0.1) is 0 Å². The molecule has 1 amide bonds. The minimum Gasteiger partial charge on any atom is -0.369 e.